The van der Waals surface area contributed by atoms with Gasteiger partial charge in [0, 0.05) is 44.1 Å². The van der Waals surface area contributed by atoms with E-state index in [-0.39, 0.29) is 11.9 Å². The van der Waals surface area contributed by atoms with Crippen LogP contribution in [0.15, 0.2) is 77.2 Å². The molecule has 0 spiro atoms. The number of likely N-dealkylation sites (tertiary alicyclic amines) is 1. The number of carbonyl (C=O) groups is 1. The first-order chi connectivity index (χ1) is 14.3. The van der Waals surface area contributed by atoms with Crippen molar-refractivity contribution in [2.24, 2.45) is 0 Å². The Morgan fingerprint density at radius 3 is 2.34 bits per heavy atom. The molecule has 0 radical (unpaired) electrons. The standard InChI is InChI=1S/C25H28N2O2/c28-25(14-12-23-11-13-24(29-23)21-9-5-2-6-10-21)26-22-15-17-27(18-16-22)19-20-7-3-1-4-8-20/h1-11,13,22H,12,14-19H2,(H,26,28). The molecule has 3 aromatic rings. The van der Waals surface area contributed by atoms with Crippen molar-refractivity contribution in [2.45, 2.75) is 38.3 Å². The molecule has 1 fully saturated rings. The van der Waals surface area contributed by atoms with Crippen LogP contribution in [0.4, 0.5) is 0 Å². The zero-order chi connectivity index (χ0) is 19.9. The molecule has 0 bridgehead atoms. The Morgan fingerprint density at radius 1 is 0.931 bits per heavy atom. The van der Waals surface area contributed by atoms with Gasteiger partial charge in [0.2, 0.25) is 5.91 Å². The minimum Gasteiger partial charge on any atom is -0.461 e. The Kier molecular flexibility index (Phi) is 6.42. The minimum absolute atomic E-state index is 0.115. The second-order valence-electron chi connectivity index (χ2n) is 7.74. The van der Waals surface area contributed by atoms with E-state index in [1.165, 1.54) is 5.56 Å². The molecule has 2 aromatic carbocycles. The number of furan rings is 1. The van der Waals surface area contributed by atoms with E-state index in [1.54, 1.807) is 0 Å². The van der Waals surface area contributed by atoms with Gasteiger partial charge in [-0.25, -0.2) is 0 Å². The summed E-state index contributed by atoms with van der Waals surface area (Å²) in [4.78, 5) is 14.8. The highest BCUT2D eigenvalue weighted by molar-refractivity contribution is 5.76. The van der Waals surface area contributed by atoms with Crippen molar-refractivity contribution in [1.82, 2.24) is 10.2 Å². The molecule has 4 nitrogen and oxygen atoms in total. The predicted octanol–water partition coefficient (Wildman–Crippen LogP) is 4.66. The van der Waals surface area contributed by atoms with Gasteiger partial charge in [0.15, 0.2) is 0 Å². The van der Waals surface area contributed by atoms with Gasteiger partial charge >= 0.3 is 0 Å². The number of amides is 1. The highest BCUT2D eigenvalue weighted by Crippen LogP contribution is 2.22. The lowest BCUT2D eigenvalue weighted by Crippen LogP contribution is -2.44. The fourth-order valence-corrected chi connectivity index (χ4v) is 3.88. The summed E-state index contributed by atoms with van der Waals surface area (Å²) in [5.74, 6) is 1.83. The fourth-order valence-electron chi connectivity index (χ4n) is 3.88. The van der Waals surface area contributed by atoms with E-state index in [9.17, 15) is 4.79 Å². The van der Waals surface area contributed by atoms with E-state index in [1.807, 2.05) is 42.5 Å². The Labute approximate surface area is 172 Å². The van der Waals surface area contributed by atoms with E-state index in [2.05, 4.69) is 40.5 Å². The Balaban J connectivity index is 1.18. The second-order valence-corrected chi connectivity index (χ2v) is 7.74. The van der Waals surface area contributed by atoms with Crippen molar-refractivity contribution < 1.29 is 9.21 Å². The number of nitrogens with zero attached hydrogens (tertiary/aromatic N) is 1. The monoisotopic (exact) mass is 388 g/mol. The van der Waals surface area contributed by atoms with E-state index in [4.69, 9.17) is 4.42 Å². The molecule has 1 aliphatic rings. The average Bonchev–Trinajstić information content (AvgIpc) is 3.24. The van der Waals surface area contributed by atoms with Crippen LogP contribution in [0.1, 0.15) is 30.6 Å². The van der Waals surface area contributed by atoms with E-state index in [0.717, 1.165) is 49.6 Å². The number of carbonyl (C=O) groups excluding carboxylic acids is 1. The Hall–Kier alpha value is -2.85. The molecule has 4 heteroatoms. The van der Waals surface area contributed by atoms with Crippen molar-refractivity contribution in [3.05, 3.63) is 84.1 Å². The van der Waals surface area contributed by atoms with Crippen LogP contribution in [0.5, 0.6) is 0 Å². The molecule has 0 unspecified atom stereocenters. The predicted molar refractivity (Wildman–Crippen MR) is 115 cm³/mol. The summed E-state index contributed by atoms with van der Waals surface area (Å²) in [5.41, 5.74) is 2.41. The van der Waals surface area contributed by atoms with Crippen LogP contribution < -0.4 is 5.32 Å². The average molecular weight is 389 g/mol. The summed E-state index contributed by atoms with van der Waals surface area (Å²) in [7, 11) is 0. The number of hydrogen-bond acceptors (Lipinski definition) is 3. The number of aryl methyl sites for hydroxylation is 1. The smallest absolute Gasteiger partial charge is 0.220 e. The SMILES string of the molecule is O=C(CCc1ccc(-c2ccccc2)o1)NC1CCN(Cc2ccccc2)CC1. The number of hydrogen-bond donors (Lipinski definition) is 1. The van der Waals surface area contributed by atoms with Crippen molar-refractivity contribution >= 4 is 5.91 Å². The summed E-state index contributed by atoms with van der Waals surface area (Å²) >= 11 is 0. The van der Waals surface area contributed by atoms with E-state index >= 15 is 0 Å². The molecule has 1 amide bonds. The van der Waals surface area contributed by atoms with Crippen LogP contribution in [0.3, 0.4) is 0 Å². The van der Waals surface area contributed by atoms with Gasteiger partial charge in [0.25, 0.3) is 0 Å². The molecule has 29 heavy (non-hydrogen) atoms. The third-order valence-corrected chi connectivity index (χ3v) is 5.52. The summed E-state index contributed by atoms with van der Waals surface area (Å²) in [6.45, 7) is 3.04. The van der Waals surface area contributed by atoms with Crippen LogP contribution >= 0.6 is 0 Å². The van der Waals surface area contributed by atoms with Crippen LogP contribution in [0.25, 0.3) is 11.3 Å². The molecule has 1 N–H and O–H groups in total. The van der Waals surface area contributed by atoms with Crippen LogP contribution in [0.2, 0.25) is 0 Å². The van der Waals surface area contributed by atoms with Gasteiger partial charge in [0.05, 0.1) is 0 Å². The van der Waals surface area contributed by atoms with Crippen LogP contribution in [0, 0.1) is 0 Å². The molecule has 150 valence electrons. The highest BCUT2D eigenvalue weighted by atomic mass is 16.3. The summed E-state index contributed by atoms with van der Waals surface area (Å²) in [6.07, 6.45) is 3.12. The molecule has 0 atom stereocenters. The normalized spacial score (nSPS) is 15.3. The molecule has 0 aliphatic carbocycles. The number of rotatable bonds is 7. The van der Waals surface area contributed by atoms with Gasteiger partial charge in [-0.3, -0.25) is 9.69 Å². The first kappa shape index (κ1) is 19.5. The summed E-state index contributed by atoms with van der Waals surface area (Å²) in [5, 5.41) is 3.20. The second kappa shape index (κ2) is 9.57. The van der Waals surface area contributed by atoms with Crippen molar-refractivity contribution in [2.75, 3.05) is 13.1 Å². The molecule has 1 aromatic heterocycles. The van der Waals surface area contributed by atoms with Crippen LogP contribution in [-0.2, 0) is 17.8 Å². The third kappa shape index (κ3) is 5.58. The molecule has 2 heterocycles. The van der Waals surface area contributed by atoms with Gasteiger partial charge < -0.3 is 9.73 Å². The van der Waals surface area contributed by atoms with Crippen molar-refractivity contribution in [3.63, 3.8) is 0 Å². The minimum atomic E-state index is 0.115. The van der Waals surface area contributed by atoms with Gasteiger partial charge in [-0.15, -0.1) is 0 Å². The molecule has 1 saturated heterocycles. The van der Waals surface area contributed by atoms with Gasteiger partial charge in [-0.1, -0.05) is 60.7 Å². The van der Waals surface area contributed by atoms with Gasteiger partial charge in [-0.05, 0) is 30.5 Å². The maximum Gasteiger partial charge on any atom is 0.220 e. The maximum absolute atomic E-state index is 12.4. The van der Waals surface area contributed by atoms with Crippen molar-refractivity contribution in [3.8, 4) is 11.3 Å². The summed E-state index contributed by atoms with van der Waals surface area (Å²) < 4.78 is 5.89. The first-order valence-corrected chi connectivity index (χ1v) is 10.5. The van der Waals surface area contributed by atoms with E-state index < -0.39 is 0 Å². The fraction of sp³-hybridized carbons (Fsp3) is 0.320. The highest BCUT2D eigenvalue weighted by Gasteiger charge is 2.20. The van der Waals surface area contributed by atoms with Crippen molar-refractivity contribution in [1.29, 1.82) is 0 Å². The number of nitrogens with one attached hydrogen (secondary N) is 1. The number of piperidine rings is 1. The lowest BCUT2D eigenvalue weighted by atomic mass is 10.0. The largest absolute Gasteiger partial charge is 0.461 e. The molecular formula is C25H28N2O2. The Bertz CT molecular complexity index is 897. The zero-order valence-corrected chi connectivity index (χ0v) is 16.7. The lowest BCUT2D eigenvalue weighted by molar-refractivity contribution is -0.122. The lowest BCUT2D eigenvalue weighted by Gasteiger charge is -2.32. The molecule has 1 aliphatic heterocycles. The van der Waals surface area contributed by atoms with Gasteiger partial charge in [0.1, 0.15) is 11.5 Å². The first-order valence-electron chi connectivity index (χ1n) is 10.5. The Morgan fingerprint density at radius 2 is 1.62 bits per heavy atom. The third-order valence-electron chi connectivity index (χ3n) is 5.52. The van der Waals surface area contributed by atoms with E-state index in [0.29, 0.717) is 12.8 Å². The molecule has 0 saturated carbocycles. The molecule has 4 rings (SSSR count). The van der Waals surface area contributed by atoms with Crippen LogP contribution in [-0.4, -0.2) is 29.9 Å². The quantitative estimate of drug-likeness (QED) is 0.640. The maximum atomic E-state index is 12.4. The van der Waals surface area contributed by atoms with Gasteiger partial charge in [-0.2, -0.15) is 0 Å². The zero-order valence-electron chi connectivity index (χ0n) is 16.7. The topological polar surface area (TPSA) is 45.5 Å². The molecular weight excluding hydrogens is 360 g/mol. The number of benzene rings is 2. The summed E-state index contributed by atoms with van der Waals surface area (Å²) in [6, 6.07) is 24.8.